The van der Waals surface area contributed by atoms with E-state index in [1.165, 1.54) is 55.2 Å². The van der Waals surface area contributed by atoms with Crippen molar-refractivity contribution in [3.8, 4) is 5.75 Å². The average Bonchev–Trinajstić information content (AvgIpc) is 2.57. The van der Waals surface area contributed by atoms with E-state index >= 15 is 0 Å². The molecule has 0 spiro atoms. The third kappa shape index (κ3) is 6.43. The van der Waals surface area contributed by atoms with E-state index in [4.69, 9.17) is 9.47 Å². The van der Waals surface area contributed by atoms with Gasteiger partial charge in [-0.2, -0.15) is 0 Å². The molecule has 128 valence electrons. The molecular weight excluding hydrogens is 311 g/mol. The molecule has 0 radical (unpaired) electrons. The average molecular weight is 338 g/mol. The van der Waals surface area contributed by atoms with Crippen LogP contribution in [0.4, 0.5) is 4.39 Å². The van der Waals surface area contributed by atoms with Crippen LogP contribution in [0.15, 0.2) is 24.3 Å². The zero-order valence-electron chi connectivity index (χ0n) is 13.9. The summed E-state index contributed by atoms with van der Waals surface area (Å²) in [5.41, 5.74) is 0. The number of unbranched alkanes of at least 4 members (excludes halogenated alkanes) is 2. The highest BCUT2D eigenvalue weighted by Gasteiger charge is 2.28. The molecule has 1 saturated heterocycles. The smallest absolute Gasteiger partial charge is 0.314 e. The van der Waals surface area contributed by atoms with Gasteiger partial charge >= 0.3 is 5.97 Å². The van der Waals surface area contributed by atoms with Crippen molar-refractivity contribution in [1.29, 1.82) is 0 Å². The van der Waals surface area contributed by atoms with Gasteiger partial charge in [0.05, 0.1) is 5.92 Å². The van der Waals surface area contributed by atoms with Crippen molar-refractivity contribution in [2.45, 2.75) is 50.2 Å². The molecule has 1 fully saturated rings. The lowest BCUT2D eigenvalue weighted by Crippen LogP contribution is -2.28. The molecule has 0 unspecified atom stereocenters. The maximum absolute atomic E-state index is 12.8. The van der Waals surface area contributed by atoms with E-state index in [1.807, 2.05) is 0 Å². The minimum atomic E-state index is -0.647. The van der Waals surface area contributed by atoms with Crippen LogP contribution in [0.2, 0.25) is 18.1 Å². The third-order valence-electron chi connectivity index (χ3n) is 4.67. The molecule has 0 N–H and O–H groups in total. The number of carbonyl (C=O) groups is 1. The Kier molecular flexibility index (Phi) is 7.75. The Morgan fingerprint density at radius 1 is 1.17 bits per heavy atom. The second kappa shape index (κ2) is 9.83. The van der Waals surface area contributed by atoms with Crippen LogP contribution in [-0.4, -0.2) is 28.5 Å². The van der Waals surface area contributed by atoms with Crippen LogP contribution in [0, 0.1) is 11.7 Å². The highest BCUT2D eigenvalue weighted by atomic mass is 28.3. The molecule has 1 aliphatic rings. The fourth-order valence-corrected chi connectivity index (χ4v) is 6.72. The third-order valence-corrected chi connectivity index (χ3v) is 8.20. The van der Waals surface area contributed by atoms with Gasteiger partial charge in [0.25, 0.3) is 0 Å². The summed E-state index contributed by atoms with van der Waals surface area (Å²) in [6, 6.07) is 9.53. The maximum atomic E-state index is 12.8. The zero-order chi connectivity index (χ0) is 16.5. The lowest BCUT2D eigenvalue weighted by molar-refractivity contribution is -0.139. The van der Waals surface area contributed by atoms with E-state index in [0.29, 0.717) is 5.75 Å². The summed E-state index contributed by atoms with van der Waals surface area (Å²) in [4.78, 5) is 12.2. The first-order valence-corrected chi connectivity index (χ1v) is 11.1. The summed E-state index contributed by atoms with van der Waals surface area (Å²) >= 11 is 0. The van der Waals surface area contributed by atoms with Crippen LogP contribution in [0.3, 0.4) is 0 Å². The van der Waals surface area contributed by atoms with Crippen LogP contribution >= 0.6 is 0 Å². The molecule has 5 heteroatoms. The molecule has 0 aromatic heterocycles. The minimum Gasteiger partial charge on any atom is -0.426 e. The lowest BCUT2D eigenvalue weighted by Gasteiger charge is -2.26. The maximum Gasteiger partial charge on any atom is 0.314 e. The minimum absolute atomic E-state index is 0.0253. The first-order valence-electron chi connectivity index (χ1n) is 8.65. The summed E-state index contributed by atoms with van der Waals surface area (Å²) in [7, 11) is 1.10. The van der Waals surface area contributed by atoms with Gasteiger partial charge in [0.1, 0.15) is 11.6 Å². The molecule has 2 rings (SSSR count). The molecule has 0 amide bonds. The number of rotatable bonds is 8. The molecule has 1 heterocycles. The van der Waals surface area contributed by atoms with Crippen molar-refractivity contribution in [3.05, 3.63) is 30.1 Å². The number of esters is 1. The molecule has 0 aliphatic carbocycles. The Balaban J connectivity index is 1.65. The van der Waals surface area contributed by atoms with Gasteiger partial charge in [0, 0.05) is 22.5 Å². The van der Waals surface area contributed by atoms with Crippen molar-refractivity contribution in [3.63, 3.8) is 0 Å². The van der Waals surface area contributed by atoms with E-state index < -0.39 is 8.80 Å². The summed E-state index contributed by atoms with van der Waals surface area (Å²) in [6.45, 7) is 0.865. The van der Waals surface area contributed by atoms with Gasteiger partial charge in [0.15, 0.2) is 0 Å². The molecular formula is C18H27FO3Si. The molecule has 1 aliphatic heterocycles. The fraction of sp³-hybridized carbons (Fsp3) is 0.611. The predicted molar refractivity (Wildman–Crippen MR) is 92.1 cm³/mol. The van der Waals surface area contributed by atoms with Gasteiger partial charge in [-0.05, 0) is 43.5 Å². The first-order chi connectivity index (χ1) is 11.2. The van der Waals surface area contributed by atoms with Crippen LogP contribution in [-0.2, 0) is 9.53 Å². The lowest BCUT2D eigenvalue weighted by atomic mass is 10.0. The van der Waals surface area contributed by atoms with Crippen molar-refractivity contribution in [1.82, 2.24) is 0 Å². The van der Waals surface area contributed by atoms with Crippen LogP contribution in [0.1, 0.15) is 32.1 Å². The van der Waals surface area contributed by atoms with Gasteiger partial charge in [-0.1, -0.05) is 31.0 Å². The number of hydrogen-bond acceptors (Lipinski definition) is 3. The number of carbonyl (C=O) groups excluding carboxylic acids is 1. The number of methoxy groups -OCH3 is 1. The molecule has 3 nitrogen and oxygen atoms in total. The monoisotopic (exact) mass is 338 g/mol. The normalized spacial score (nSPS) is 21.1. The predicted octanol–water partition coefficient (Wildman–Crippen LogP) is 4.18. The number of ether oxygens (including phenoxy) is 2. The van der Waals surface area contributed by atoms with Crippen molar-refractivity contribution >= 4 is 14.8 Å². The van der Waals surface area contributed by atoms with Gasteiger partial charge < -0.3 is 9.47 Å². The highest BCUT2D eigenvalue weighted by molar-refractivity contribution is 6.59. The molecule has 1 aromatic carbocycles. The second-order valence-corrected chi connectivity index (χ2v) is 9.90. The topological polar surface area (TPSA) is 35.5 Å². The van der Waals surface area contributed by atoms with E-state index in [0.717, 1.165) is 25.9 Å². The number of halogens is 1. The first kappa shape index (κ1) is 18.1. The second-order valence-electron chi connectivity index (χ2n) is 6.43. The Labute approximate surface area is 139 Å². The molecule has 1 aromatic rings. The Morgan fingerprint density at radius 2 is 1.87 bits per heavy atom. The summed E-state index contributed by atoms with van der Waals surface area (Å²) in [5, 5.41) is 0. The van der Waals surface area contributed by atoms with E-state index in [2.05, 4.69) is 0 Å². The molecule has 0 atom stereocenters. The summed E-state index contributed by atoms with van der Waals surface area (Å²) in [6.07, 6.45) is 5.66. The van der Waals surface area contributed by atoms with Crippen molar-refractivity contribution < 1.29 is 18.7 Å². The highest BCUT2D eigenvalue weighted by Crippen LogP contribution is 2.29. The Morgan fingerprint density at radius 3 is 2.52 bits per heavy atom. The Hall–Kier alpha value is -1.20. The molecule has 23 heavy (non-hydrogen) atoms. The zero-order valence-corrected chi connectivity index (χ0v) is 15.1. The standard InChI is InChI=1S/C18H27FO3Si/c1-21-11-3-2-4-12-23-13-9-15(10-14-23)18(20)22-17-7-5-16(19)6-8-17/h5-8,15,23H,2-4,9-14H2,1H3. The molecule has 0 saturated carbocycles. The van der Waals surface area contributed by atoms with Gasteiger partial charge in [-0.3, -0.25) is 4.79 Å². The van der Waals surface area contributed by atoms with E-state index in [-0.39, 0.29) is 17.7 Å². The van der Waals surface area contributed by atoms with E-state index in [9.17, 15) is 9.18 Å². The van der Waals surface area contributed by atoms with Crippen LogP contribution < -0.4 is 4.74 Å². The Bertz CT molecular complexity index is 470. The van der Waals surface area contributed by atoms with Gasteiger partial charge in [-0.15, -0.1) is 0 Å². The van der Waals surface area contributed by atoms with Crippen molar-refractivity contribution in [2.24, 2.45) is 5.92 Å². The van der Waals surface area contributed by atoms with Crippen LogP contribution in [0.5, 0.6) is 5.75 Å². The SMILES string of the molecule is COCCCCC[SiH]1CCC(C(=O)Oc2ccc(F)cc2)CC1. The molecule has 0 bridgehead atoms. The quantitative estimate of drug-likeness (QED) is 0.309. The van der Waals surface area contributed by atoms with E-state index in [1.54, 1.807) is 7.11 Å². The number of benzene rings is 1. The summed E-state index contributed by atoms with van der Waals surface area (Å²) < 4.78 is 23.3. The van der Waals surface area contributed by atoms with Gasteiger partial charge in [0.2, 0.25) is 0 Å². The van der Waals surface area contributed by atoms with Crippen molar-refractivity contribution in [2.75, 3.05) is 13.7 Å². The fourth-order valence-electron chi connectivity index (χ4n) is 3.25. The largest absolute Gasteiger partial charge is 0.426 e. The summed E-state index contributed by atoms with van der Waals surface area (Å²) in [5.74, 6) is -0.00263. The van der Waals surface area contributed by atoms with Gasteiger partial charge in [-0.25, -0.2) is 4.39 Å². The number of hydrogen-bond donors (Lipinski definition) is 0. The van der Waals surface area contributed by atoms with Crippen LogP contribution in [0.25, 0.3) is 0 Å².